The molecule has 1 aromatic carbocycles. The fourth-order valence-electron chi connectivity index (χ4n) is 3.63. The molecule has 120 valence electrons. The smallest absolute Gasteiger partial charge is 0.315 e. The van der Waals surface area contributed by atoms with E-state index in [0.717, 1.165) is 12.0 Å². The Bertz CT molecular complexity index is 534. The lowest BCUT2D eigenvalue weighted by atomic mass is 9.68. The molecule has 3 nitrogen and oxygen atoms in total. The lowest BCUT2D eigenvalue weighted by molar-refractivity contribution is -0.171. The molecule has 0 radical (unpaired) electrons. The van der Waals surface area contributed by atoms with Crippen molar-refractivity contribution in [2.75, 3.05) is 6.61 Å². The third-order valence-electron chi connectivity index (χ3n) is 4.86. The Morgan fingerprint density at radius 1 is 1.36 bits per heavy atom. The summed E-state index contributed by atoms with van der Waals surface area (Å²) < 4.78 is 5.33. The number of carbonyl (C=O) groups is 1. The molecule has 1 fully saturated rings. The Morgan fingerprint density at radius 2 is 2.05 bits per heavy atom. The molecule has 0 amide bonds. The predicted molar refractivity (Wildman–Crippen MR) is 87.6 cm³/mol. The largest absolute Gasteiger partial charge is 0.465 e. The van der Waals surface area contributed by atoms with Crippen LogP contribution in [-0.4, -0.2) is 23.3 Å². The van der Waals surface area contributed by atoms with E-state index in [1.165, 1.54) is 5.56 Å². The summed E-state index contributed by atoms with van der Waals surface area (Å²) in [6.45, 7) is 7.92. The predicted octanol–water partition coefficient (Wildman–Crippen LogP) is 3.58. The van der Waals surface area contributed by atoms with E-state index in [4.69, 9.17) is 4.74 Å². The van der Waals surface area contributed by atoms with Gasteiger partial charge in [-0.1, -0.05) is 35.9 Å². The van der Waals surface area contributed by atoms with E-state index in [-0.39, 0.29) is 5.97 Å². The van der Waals surface area contributed by atoms with Gasteiger partial charge in [0.05, 0.1) is 12.2 Å². The normalized spacial score (nSPS) is 27.6. The first-order valence-corrected chi connectivity index (χ1v) is 8.03. The highest BCUT2D eigenvalue weighted by Crippen LogP contribution is 2.51. The van der Waals surface area contributed by atoms with Crippen LogP contribution in [-0.2, 0) is 16.0 Å². The molecule has 1 saturated carbocycles. The molecule has 0 aromatic heterocycles. The molecule has 2 rings (SSSR count). The minimum Gasteiger partial charge on any atom is -0.465 e. The Kier molecular flexibility index (Phi) is 5.07. The van der Waals surface area contributed by atoms with E-state index in [1.54, 1.807) is 13.0 Å². The number of rotatable bonds is 6. The van der Waals surface area contributed by atoms with Crippen molar-refractivity contribution in [3.63, 3.8) is 0 Å². The zero-order valence-corrected chi connectivity index (χ0v) is 13.6. The molecule has 22 heavy (non-hydrogen) atoms. The zero-order valence-electron chi connectivity index (χ0n) is 13.6. The maximum absolute atomic E-state index is 12.7. The van der Waals surface area contributed by atoms with Crippen LogP contribution in [0, 0.1) is 12.3 Å². The summed E-state index contributed by atoms with van der Waals surface area (Å²) in [5, 5.41) is 11.1. The van der Waals surface area contributed by atoms with Gasteiger partial charge in [0, 0.05) is 0 Å². The third kappa shape index (κ3) is 2.95. The molecule has 1 aliphatic rings. The number of benzene rings is 1. The van der Waals surface area contributed by atoms with Gasteiger partial charge in [-0.3, -0.25) is 4.79 Å². The molecule has 3 heteroatoms. The monoisotopic (exact) mass is 302 g/mol. The Balaban J connectivity index is 2.39. The number of aliphatic hydroxyl groups is 1. The van der Waals surface area contributed by atoms with Gasteiger partial charge in [-0.2, -0.15) is 0 Å². The maximum atomic E-state index is 12.7. The van der Waals surface area contributed by atoms with Gasteiger partial charge in [0.2, 0.25) is 0 Å². The highest BCUT2D eigenvalue weighted by atomic mass is 16.5. The summed E-state index contributed by atoms with van der Waals surface area (Å²) in [4.78, 5) is 12.7. The summed E-state index contributed by atoms with van der Waals surface area (Å²) in [5.41, 5.74) is 0.308. The molecule has 0 saturated heterocycles. The molecule has 0 spiro atoms. The number of hydrogen-bond acceptors (Lipinski definition) is 3. The fourth-order valence-corrected chi connectivity index (χ4v) is 3.63. The van der Waals surface area contributed by atoms with Crippen LogP contribution in [0.2, 0.25) is 0 Å². The molecule has 1 N–H and O–H groups in total. The lowest BCUT2D eigenvalue weighted by Crippen LogP contribution is -2.51. The topological polar surface area (TPSA) is 46.5 Å². The van der Waals surface area contributed by atoms with Crippen molar-refractivity contribution in [2.24, 2.45) is 5.41 Å². The van der Waals surface area contributed by atoms with Crippen LogP contribution in [0.1, 0.15) is 43.7 Å². The van der Waals surface area contributed by atoms with Crippen molar-refractivity contribution < 1.29 is 14.6 Å². The van der Waals surface area contributed by atoms with Crippen molar-refractivity contribution >= 4 is 5.97 Å². The highest BCUT2D eigenvalue weighted by molar-refractivity contribution is 5.79. The molecule has 2 atom stereocenters. The number of carbonyl (C=O) groups excluding carboxylic acids is 1. The second-order valence-electron chi connectivity index (χ2n) is 6.34. The average Bonchev–Trinajstić information content (AvgIpc) is 2.80. The molecule has 0 aliphatic heterocycles. The van der Waals surface area contributed by atoms with Crippen molar-refractivity contribution in [1.29, 1.82) is 0 Å². The molecular weight excluding hydrogens is 276 g/mol. The molecule has 1 aliphatic carbocycles. The summed E-state index contributed by atoms with van der Waals surface area (Å²) in [6.07, 6.45) is 4.73. The van der Waals surface area contributed by atoms with Gasteiger partial charge in [-0.25, -0.2) is 0 Å². The van der Waals surface area contributed by atoms with Gasteiger partial charge in [0.15, 0.2) is 0 Å². The van der Waals surface area contributed by atoms with Crippen LogP contribution in [0.25, 0.3) is 0 Å². The number of aryl methyl sites for hydroxylation is 1. The maximum Gasteiger partial charge on any atom is 0.315 e. The second-order valence-corrected chi connectivity index (χ2v) is 6.34. The number of ether oxygens (including phenoxy) is 1. The van der Waals surface area contributed by atoms with Gasteiger partial charge >= 0.3 is 5.97 Å². The molecule has 0 heterocycles. The van der Waals surface area contributed by atoms with Crippen LogP contribution in [0.3, 0.4) is 0 Å². The van der Waals surface area contributed by atoms with Crippen molar-refractivity contribution in [3.8, 4) is 0 Å². The molecule has 0 bridgehead atoms. The van der Waals surface area contributed by atoms with Crippen LogP contribution in [0.15, 0.2) is 36.9 Å². The van der Waals surface area contributed by atoms with Crippen LogP contribution in [0.4, 0.5) is 0 Å². The van der Waals surface area contributed by atoms with Crippen LogP contribution in [0.5, 0.6) is 0 Å². The van der Waals surface area contributed by atoms with E-state index in [1.807, 2.05) is 31.2 Å². The Hall–Kier alpha value is -1.61. The van der Waals surface area contributed by atoms with E-state index in [9.17, 15) is 9.90 Å². The number of hydrogen-bond donors (Lipinski definition) is 1. The SMILES string of the molecule is C=CC[C@@]1(O)CCC[C@@]1(Cc1ccc(C)cc1)C(=O)OCC. The highest BCUT2D eigenvalue weighted by Gasteiger charge is 2.58. The first-order valence-electron chi connectivity index (χ1n) is 8.03. The van der Waals surface area contributed by atoms with E-state index in [2.05, 4.69) is 6.58 Å². The van der Waals surface area contributed by atoms with E-state index in [0.29, 0.717) is 32.3 Å². The summed E-state index contributed by atoms with van der Waals surface area (Å²) >= 11 is 0. The molecule has 0 unspecified atom stereocenters. The lowest BCUT2D eigenvalue weighted by Gasteiger charge is -2.40. The standard InChI is InChI=1S/C19H26O3/c1-4-11-19(21)13-6-12-18(19,17(20)22-5-2)14-16-9-7-15(3)8-10-16/h4,7-10,21H,1,5-6,11-14H2,2-3H3/t18-,19-/m1/s1. The van der Waals surface area contributed by atoms with Crippen LogP contribution < -0.4 is 0 Å². The van der Waals surface area contributed by atoms with E-state index >= 15 is 0 Å². The molecular formula is C19H26O3. The van der Waals surface area contributed by atoms with Gasteiger partial charge in [0.25, 0.3) is 0 Å². The average molecular weight is 302 g/mol. The van der Waals surface area contributed by atoms with Gasteiger partial charge in [0.1, 0.15) is 5.41 Å². The minimum atomic E-state index is -1.06. The van der Waals surface area contributed by atoms with Crippen molar-refractivity contribution in [3.05, 3.63) is 48.0 Å². The quantitative estimate of drug-likeness (QED) is 0.645. The van der Waals surface area contributed by atoms with Crippen molar-refractivity contribution in [2.45, 2.75) is 51.6 Å². The third-order valence-corrected chi connectivity index (χ3v) is 4.86. The van der Waals surface area contributed by atoms with Crippen LogP contribution >= 0.6 is 0 Å². The first-order chi connectivity index (χ1) is 10.5. The van der Waals surface area contributed by atoms with Crippen molar-refractivity contribution in [1.82, 2.24) is 0 Å². The Morgan fingerprint density at radius 3 is 2.64 bits per heavy atom. The van der Waals surface area contributed by atoms with Gasteiger partial charge in [-0.05, 0) is 51.5 Å². The zero-order chi connectivity index (χ0) is 16.2. The summed E-state index contributed by atoms with van der Waals surface area (Å²) in [6, 6.07) is 8.14. The second kappa shape index (κ2) is 6.66. The molecule has 1 aromatic rings. The first kappa shape index (κ1) is 16.8. The summed E-state index contributed by atoms with van der Waals surface area (Å²) in [5.74, 6) is -0.280. The van der Waals surface area contributed by atoms with E-state index < -0.39 is 11.0 Å². The van der Waals surface area contributed by atoms with Gasteiger partial charge < -0.3 is 9.84 Å². The fraction of sp³-hybridized carbons (Fsp3) is 0.526. The minimum absolute atomic E-state index is 0.280. The van der Waals surface area contributed by atoms with Gasteiger partial charge in [-0.15, -0.1) is 6.58 Å². The Labute approximate surface area is 133 Å². The number of esters is 1. The summed E-state index contributed by atoms with van der Waals surface area (Å²) in [7, 11) is 0.